The number of hydrogen-bond acceptors (Lipinski definition) is 3. The molecule has 0 aliphatic heterocycles. The van der Waals surface area contributed by atoms with Gasteiger partial charge in [-0.2, -0.15) is 0 Å². The highest BCUT2D eigenvalue weighted by Gasteiger charge is 2.01. The number of carbonyl (C=O) groups excluding carboxylic acids is 2. The monoisotopic (exact) mass is 156 g/mol. The van der Waals surface area contributed by atoms with E-state index in [1.54, 1.807) is 13.0 Å². The summed E-state index contributed by atoms with van der Waals surface area (Å²) in [6, 6.07) is 0. The van der Waals surface area contributed by atoms with Gasteiger partial charge in [0.2, 0.25) is 0 Å². The maximum atomic E-state index is 10.7. The Morgan fingerprint density at radius 1 is 1.36 bits per heavy atom. The van der Waals surface area contributed by atoms with E-state index in [0.717, 1.165) is 0 Å². The predicted molar refractivity (Wildman–Crippen MR) is 41.1 cm³/mol. The van der Waals surface area contributed by atoms with Gasteiger partial charge in [0.05, 0.1) is 7.11 Å². The number of hydrogen-bond donors (Lipinski definition) is 0. The van der Waals surface area contributed by atoms with Crippen LogP contribution in [0.5, 0.6) is 0 Å². The molecule has 3 heteroatoms. The number of allylic oxidation sites excluding steroid dienone is 1. The molecule has 11 heavy (non-hydrogen) atoms. The van der Waals surface area contributed by atoms with Gasteiger partial charge in [0.15, 0.2) is 0 Å². The zero-order valence-electron chi connectivity index (χ0n) is 7.01. The minimum absolute atomic E-state index is 0.0354. The lowest BCUT2D eigenvalue weighted by Crippen LogP contribution is -2.02. The topological polar surface area (TPSA) is 43.4 Å². The summed E-state index contributed by atoms with van der Waals surface area (Å²) in [5, 5.41) is 0. The molecule has 3 nitrogen and oxygen atoms in total. The molecule has 0 bridgehead atoms. The molecular weight excluding hydrogens is 144 g/mol. The lowest BCUT2D eigenvalue weighted by atomic mass is 10.2. The molecule has 0 amide bonds. The second-order valence-electron chi connectivity index (χ2n) is 2.28. The fraction of sp³-hybridized carbons (Fsp3) is 0.500. The first-order valence-corrected chi connectivity index (χ1v) is 3.32. The Morgan fingerprint density at radius 3 is 2.27 bits per heavy atom. The van der Waals surface area contributed by atoms with Crippen molar-refractivity contribution in [2.45, 2.75) is 20.3 Å². The van der Waals surface area contributed by atoms with Gasteiger partial charge in [0, 0.05) is 12.0 Å². The van der Waals surface area contributed by atoms with Crippen LogP contribution in [0.15, 0.2) is 11.6 Å². The molecular formula is C8H12O3. The van der Waals surface area contributed by atoms with E-state index < -0.39 is 0 Å². The molecule has 0 aliphatic rings. The first-order valence-electron chi connectivity index (χ1n) is 3.32. The zero-order valence-corrected chi connectivity index (χ0v) is 7.01. The molecule has 0 heterocycles. The van der Waals surface area contributed by atoms with Crippen LogP contribution in [-0.4, -0.2) is 18.9 Å². The van der Waals surface area contributed by atoms with Crippen molar-refractivity contribution in [3.05, 3.63) is 11.6 Å². The van der Waals surface area contributed by atoms with Crippen LogP contribution < -0.4 is 0 Å². The van der Waals surface area contributed by atoms with Gasteiger partial charge in [-0.05, 0) is 13.8 Å². The molecule has 0 rings (SSSR count). The smallest absolute Gasteiger partial charge is 0.333 e. The summed E-state index contributed by atoms with van der Waals surface area (Å²) in [6.07, 6.45) is 1.86. The van der Waals surface area contributed by atoms with E-state index in [0.29, 0.717) is 12.0 Å². The van der Waals surface area contributed by atoms with E-state index in [2.05, 4.69) is 4.74 Å². The summed E-state index contributed by atoms with van der Waals surface area (Å²) in [4.78, 5) is 21.2. The molecule has 0 fully saturated rings. The minimum atomic E-state index is -0.383. The summed E-state index contributed by atoms with van der Waals surface area (Å²) in [5.74, 6) is -0.348. The van der Waals surface area contributed by atoms with Crippen molar-refractivity contribution in [3.63, 3.8) is 0 Å². The molecule has 62 valence electrons. The summed E-state index contributed by atoms with van der Waals surface area (Å²) in [7, 11) is 1.31. The van der Waals surface area contributed by atoms with Crippen molar-refractivity contribution >= 4 is 11.8 Å². The van der Waals surface area contributed by atoms with Gasteiger partial charge in [0.1, 0.15) is 5.78 Å². The van der Waals surface area contributed by atoms with Gasteiger partial charge in [-0.3, -0.25) is 4.79 Å². The van der Waals surface area contributed by atoms with Crippen LogP contribution in [0.1, 0.15) is 20.3 Å². The first kappa shape index (κ1) is 9.88. The second-order valence-corrected chi connectivity index (χ2v) is 2.28. The average Bonchev–Trinajstić information content (AvgIpc) is 1.98. The van der Waals surface area contributed by atoms with Crippen molar-refractivity contribution in [2.75, 3.05) is 7.11 Å². The van der Waals surface area contributed by atoms with Gasteiger partial charge < -0.3 is 4.74 Å². The SMILES string of the molecule is COC(=O)/C(C)=C/CC(C)=O. The van der Waals surface area contributed by atoms with Gasteiger partial charge in [-0.1, -0.05) is 6.08 Å². The Bertz CT molecular complexity index is 192. The van der Waals surface area contributed by atoms with Crippen LogP contribution in [-0.2, 0) is 14.3 Å². The zero-order chi connectivity index (χ0) is 8.85. The summed E-state index contributed by atoms with van der Waals surface area (Å²) in [6.45, 7) is 3.09. The normalized spacial score (nSPS) is 11.0. The third-order valence-electron chi connectivity index (χ3n) is 1.20. The van der Waals surface area contributed by atoms with Crippen molar-refractivity contribution in [1.82, 2.24) is 0 Å². The van der Waals surface area contributed by atoms with Crippen LogP contribution in [0.2, 0.25) is 0 Å². The second kappa shape index (κ2) is 4.66. The van der Waals surface area contributed by atoms with E-state index >= 15 is 0 Å². The number of esters is 1. The third kappa shape index (κ3) is 4.31. The number of carbonyl (C=O) groups is 2. The van der Waals surface area contributed by atoms with Crippen LogP contribution >= 0.6 is 0 Å². The minimum Gasteiger partial charge on any atom is -0.466 e. The van der Waals surface area contributed by atoms with Gasteiger partial charge in [-0.15, -0.1) is 0 Å². The highest BCUT2D eigenvalue weighted by atomic mass is 16.5. The highest BCUT2D eigenvalue weighted by molar-refractivity contribution is 5.88. The molecule has 0 aromatic carbocycles. The maximum Gasteiger partial charge on any atom is 0.333 e. The fourth-order valence-electron chi connectivity index (χ4n) is 0.541. The Balaban J connectivity index is 4.00. The Labute approximate surface area is 66.0 Å². The van der Waals surface area contributed by atoms with Gasteiger partial charge in [-0.25, -0.2) is 4.79 Å². The molecule has 0 N–H and O–H groups in total. The summed E-state index contributed by atoms with van der Waals surface area (Å²) < 4.78 is 4.43. The van der Waals surface area contributed by atoms with Crippen LogP contribution in [0.4, 0.5) is 0 Å². The third-order valence-corrected chi connectivity index (χ3v) is 1.20. The standard InChI is InChI=1S/C8H12O3/c1-6(8(10)11-3)4-5-7(2)9/h4H,5H2,1-3H3/b6-4+. The molecule has 0 spiro atoms. The number of rotatable bonds is 3. The van der Waals surface area contributed by atoms with Crippen molar-refractivity contribution < 1.29 is 14.3 Å². The molecule has 0 aromatic heterocycles. The maximum absolute atomic E-state index is 10.7. The molecule has 0 aliphatic carbocycles. The summed E-state index contributed by atoms with van der Waals surface area (Å²) >= 11 is 0. The van der Waals surface area contributed by atoms with Crippen molar-refractivity contribution in [1.29, 1.82) is 0 Å². The van der Waals surface area contributed by atoms with Crippen LogP contribution in [0.3, 0.4) is 0 Å². The molecule has 0 saturated heterocycles. The quantitative estimate of drug-likeness (QED) is 0.453. The molecule has 0 unspecified atom stereocenters. The van der Waals surface area contributed by atoms with Crippen molar-refractivity contribution in [3.8, 4) is 0 Å². The predicted octanol–water partition coefficient (Wildman–Crippen LogP) is 1.08. The molecule has 0 aromatic rings. The number of ketones is 1. The number of Topliss-reactive ketones (excluding diaryl/α,β-unsaturated/α-hetero) is 1. The van der Waals surface area contributed by atoms with E-state index in [1.807, 2.05) is 0 Å². The largest absolute Gasteiger partial charge is 0.466 e. The highest BCUT2D eigenvalue weighted by Crippen LogP contribution is 1.97. The molecule has 0 atom stereocenters. The lowest BCUT2D eigenvalue weighted by molar-refractivity contribution is -0.136. The van der Waals surface area contributed by atoms with Crippen LogP contribution in [0.25, 0.3) is 0 Å². The Morgan fingerprint density at radius 2 is 1.91 bits per heavy atom. The first-order chi connectivity index (χ1) is 5.07. The number of ether oxygens (including phenoxy) is 1. The van der Waals surface area contributed by atoms with Crippen molar-refractivity contribution in [2.24, 2.45) is 0 Å². The van der Waals surface area contributed by atoms with E-state index in [-0.39, 0.29) is 11.8 Å². The lowest BCUT2D eigenvalue weighted by Gasteiger charge is -1.96. The number of methoxy groups -OCH3 is 1. The van der Waals surface area contributed by atoms with E-state index in [9.17, 15) is 9.59 Å². The van der Waals surface area contributed by atoms with Gasteiger partial charge >= 0.3 is 5.97 Å². The Hall–Kier alpha value is -1.12. The fourth-order valence-corrected chi connectivity index (χ4v) is 0.541. The molecule has 0 saturated carbocycles. The van der Waals surface area contributed by atoms with Crippen LogP contribution in [0, 0.1) is 0 Å². The Kier molecular flexibility index (Phi) is 4.18. The van der Waals surface area contributed by atoms with Gasteiger partial charge in [0.25, 0.3) is 0 Å². The average molecular weight is 156 g/mol. The molecule has 0 radical (unpaired) electrons. The summed E-state index contributed by atoms with van der Waals surface area (Å²) in [5.41, 5.74) is 0.475. The van der Waals surface area contributed by atoms with E-state index in [1.165, 1.54) is 14.0 Å². The van der Waals surface area contributed by atoms with E-state index in [4.69, 9.17) is 0 Å².